The van der Waals surface area contributed by atoms with Gasteiger partial charge in [-0.25, -0.2) is 12.2 Å². The van der Waals surface area contributed by atoms with Crippen LogP contribution in [0, 0.1) is 24.3 Å². The van der Waals surface area contributed by atoms with Crippen molar-refractivity contribution >= 4 is 17.6 Å². The number of rotatable bonds is 0. The van der Waals surface area contributed by atoms with Gasteiger partial charge in [-0.3, -0.25) is 6.08 Å². The van der Waals surface area contributed by atoms with E-state index < -0.39 is 0 Å². The number of hydrogen-bond donors (Lipinski definition) is 0. The van der Waals surface area contributed by atoms with Crippen LogP contribution in [0.15, 0.2) is 109 Å². The smallest absolute Gasteiger partial charge is 0.184 e. The zero-order valence-electron chi connectivity index (χ0n) is 18.0. The molecular formula is C26H32GeHfN. The second-order valence-electron chi connectivity index (χ2n) is 5.58. The van der Waals surface area contributed by atoms with Crippen molar-refractivity contribution in [2.45, 2.75) is 6.42 Å². The van der Waals surface area contributed by atoms with Gasteiger partial charge in [0.2, 0.25) is 0 Å². The van der Waals surface area contributed by atoms with E-state index in [4.69, 9.17) is 0 Å². The molecule has 0 bridgehead atoms. The molecular weight excluding hydrogens is 577 g/mol. The molecule has 0 fully saturated rings. The molecule has 0 unspecified atom stereocenters. The van der Waals surface area contributed by atoms with E-state index in [0.29, 0.717) is 0 Å². The standard InChI is InChI=1S/3C6H5.C5H5.C3H9N.GeH3.Hf/c3*1-2-4-6-5-3-1;1-2-4-5-3-1;1-4(2)3;;/h3*1-5H;1-3H,4H2;1-3H3;1H3;/q4*-1;;;+4. The molecule has 1 nitrogen and oxygen atoms in total. The molecule has 0 N–H and O–H groups in total. The number of allylic oxidation sites excluding steroid dienone is 4. The van der Waals surface area contributed by atoms with Crippen molar-refractivity contribution in [1.29, 1.82) is 0 Å². The Morgan fingerprint density at radius 2 is 0.897 bits per heavy atom. The van der Waals surface area contributed by atoms with E-state index in [1.165, 1.54) is 0 Å². The zero-order chi connectivity index (χ0) is 19.8. The predicted octanol–water partition coefficient (Wildman–Crippen LogP) is 4.76. The first-order valence-electron chi connectivity index (χ1n) is 8.79. The summed E-state index contributed by atoms with van der Waals surface area (Å²) in [4.78, 5) is 2.00. The molecule has 29 heavy (non-hydrogen) atoms. The van der Waals surface area contributed by atoms with Gasteiger partial charge in [-0.2, -0.15) is 115 Å². The molecule has 0 spiro atoms. The number of nitrogens with zero attached hydrogens (tertiary/aromatic N) is 1. The van der Waals surface area contributed by atoms with Gasteiger partial charge in [-0.15, -0.1) is 6.42 Å². The molecule has 0 amide bonds. The van der Waals surface area contributed by atoms with Crippen molar-refractivity contribution in [3.8, 4) is 0 Å². The fourth-order valence-electron chi connectivity index (χ4n) is 1.37. The maximum atomic E-state index is 2.99. The quantitative estimate of drug-likeness (QED) is 0.263. The second-order valence-corrected chi connectivity index (χ2v) is 5.58. The number of benzene rings is 3. The normalized spacial score (nSPS) is 9.24. The maximum Gasteiger partial charge on any atom is 4.00 e. The summed E-state index contributed by atoms with van der Waals surface area (Å²) in [6.45, 7) is 0. The molecule has 149 valence electrons. The maximum absolute atomic E-state index is 2.99. The van der Waals surface area contributed by atoms with E-state index in [1.54, 1.807) is 0 Å². The summed E-state index contributed by atoms with van der Waals surface area (Å²) in [6, 6.07) is 37.5. The summed E-state index contributed by atoms with van der Waals surface area (Å²) < 4.78 is 0. The fourth-order valence-corrected chi connectivity index (χ4v) is 1.37. The summed E-state index contributed by atoms with van der Waals surface area (Å²) in [7, 11) is 6.00. The Morgan fingerprint density at radius 1 is 0.586 bits per heavy atom. The number of hydrogen-bond acceptors (Lipinski definition) is 1. The summed E-state index contributed by atoms with van der Waals surface area (Å²) in [5.74, 6) is 0. The minimum atomic E-state index is 0. The van der Waals surface area contributed by atoms with Crippen LogP contribution in [0.2, 0.25) is 0 Å². The first-order valence-corrected chi connectivity index (χ1v) is 8.79. The summed E-state index contributed by atoms with van der Waals surface area (Å²) in [5.41, 5.74) is 0. The largest absolute Gasteiger partial charge is 4.00 e. The molecule has 0 saturated heterocycles. The minimum Gasteiger partial charge on any atom is -0.184 e. The van der Waals surface area contributed by atoms with Gasteiger partial charge in [0.15, 0.2) is 0 Å². The van der Waals surface area contributed by atoms with Crippen LogP contribution in [0.3, 0.4) is 0 Å². The van der Waals surface area contributed by atoms with Gasteiger partial charge < -0.3 is 4.90 Å². The van der Waals surface area contributed by atoms with Crippen LogP contribution >= 0.6 is 0 Å². The Morgan fingerprint density at radius 3 is 0.966 bits per heavy atom. The molecule has 3 aromatic carbocycles. The minimum absolute atomic E-state index is 0. The van der Waals surface area contributed by atoms with Gasteiger partial charge in [0, 0.05) is 0 Å². The average Bonchev–Trinajstić information content (AvgIpc) is 3.33. The van der Waals surface area contributed by atoms with Crippen molar-refractivity contribution < 1.29 is 25.8 Å². The third-order valence-corrected chi connectivity index (χ3v) is 2.41. The molecule has 1 aliphatic rings. The van der Waals surface area contributed by atoms with Gasteiger partial charge >= 0.3 is 43.4 Å². The monoisotopic (exact) mass is 612 g/mol. The molecule has 0 atom stereocenters. The molecule has 0 saturated carbocycles. The summed E-state index contributed by atoms with van der Waals surface area (Å²) >= 11 is 0. The van der Waals surface area contributed by atoms with E-state index in [2.05, 4.69) is 30.4 Å². The van der Waals surface area contributed by atoms with Crippen molar-refractivity contribution in [2.75, 3.05) is 21.1 Å². The Labute approximate surface area is 208 Å². The Kier molecular flexibility index (Phi) is 31.9. The van der Waals surface area contributed by atoms with Crippen LogP contribution in [-0.2, 0) is 25.8 Å². The van der Waals surface area contributed by atoms with Crippen molar-refractivity contribution in [1.82, 2.24) is 4.90 Å². The van der Waals surface area contributed by atoms with E-state index in [0.717, 1.165) is 6.42 Å². The van der Waals surface area contributed by atoms with Crippen LogP contribution < -0.4 is 0 Å². The predicted molar refractivity (Wildman–Crippen MR) is 127 cm³/mol. The van der Waals surface area contributed by atoms with Crippen molar-refractivity contribution in [2.24, 2.45) is 0 Å². The van der Waals surface area contributed by atoms with E-state index in [9.17, 15) is 0 Å². The van der Waals surface area contributed by atoms with Crippen LogP contribution in [-0.4, -0.2) is 43.6 Å². The van der Waals surface area contributed by atoms with Crippen LogP contribution in [0.4, 0.5) is 0 Å². The van der Waals surface area contributed by atoms with Gasteiger partial charge in [0.05, 0.1) is 0 Å². The Bertz CT molecular complexity index is 488. The SMILES string of the molecule is CN(C)C.[C-]1=CC=CC1.[GeH3].[Hf+4].[c-]1ccccc1.[c-]1ccccc1.[c-]1ccccc1. The third-order valence-electron chi connectivity index (χ3n) is 2.41. The second kappa shape index (κ2) is 28.7. The van der Waals surface area contributed by atoms with Gasteiger partial charge in [0.1, 0.15) is 0 Å². The van der Waals surface area contributed by atoms with Gasteiger partial charge in [-0.05, 0) is 21.1 Å². The third kappa shape index (κ3) is 34.4. The first-order chi connectivity index (χ1) is 13.2. The average molecular weight is 610 g/mol. The zero-order valence-corrected chi connectivity index (χ0v) is 25.8. The van der Waals surface area contributed by atoms with Gasteiger partial charge in [-0.1, -0.05) is 0 Å². The topological polar surface area (TPSA) is 3.24 Å². The van der Waals surface area contributed by atoms with E-state index >= 15 is 0 Å². The molecule has 0 aromatic heterocycles. The molecule has 1 aliphatic carbocycles. The van der Waals surface area contributed by atoms with Crippen molar-refractivity contribution in [3.05, 3.63) is 133 Å². The Hall–Kier alpha value is -1.49. The van der Waals surface area contributed by atoms with E-state index in [1.807, 2.05) is 129 Å². The molecule has 3 aromatic rings. The van der Waals surface area contributed by atoms with E-state index in [-0.39, 0.29) is 43.4 Å². The summed E-state index contributed by atoms with van der Waals surface area (Å²) in [6.07, 6.45) is 10.0. The van der Waals surface area contributed by atoms with Crippen LogP contribution in [0.25, 0.3) is 0 Å². The molecule has 0 heterocycles. The van der Waals surface area contributed by atoms with Crippen molar-refractivity contribution in [3.63, 3.8) is 0 Å². The molecule has 1 radical (unpaired) electrons. The molecule has 3 heteroatoms. The molecule has 4 rings (SSSR count). The Balaban J connectivity index is -0.000000289. The first kappa shape index (κ1) is 32.2. The molecule has 0 aliphatic heterocycles. The van der Waals surface area contributed by atoms with Gasteiger partial charge in [0.25, 0.3) is 0 Å². The fraction of sp³-hybridized carbons (Fsp3) is 0.154. The van der Waals surface area contributed by atoms with Crippen LogP contribution in [0.1, 0.15) is 6.42 Å². The summed E-state index contributed by atoms with van der Waals surface area (Å²) in [5, 5.41) is 0. The van der Waals surface area contributed by atoms with Crippen LogP contribution in [0.5, 0.6) is 0 Å².